The normalized spacial score (nSPS) is 13.3. The minimum atomic E-state index is 0.0985. The molecule has 0 spiro atoms. The van der Waals surface area contributed by atoms with E-state index < -0.39 is 0 Å². The van der Waals surface area contributed by atoms with Gasteiger partial charge in [0.15, 0.2) is 11.5 Å². The molecule has 5 rings (SSSR count). The maximum atomic E-state index is 13.0. The monoisotopic (exact) mass is 541 g/mol. The summed E-state index contributed by atoms with van der Waals surface area (Å²) in [6.07, 6.45) is 0.348. The lowest BCUT2D eigenvalue weighted by Gasteiger charge is -2.35. The summed E-state index contributed by atoms with van der Waals surface area (Å²) in [5, 5.41) is 0.723. The lowest BCUT2D eigenvalue weighted by Crippen LogP contribution is -2.49. The highest BCUT2D eigenvalue weighted by molar-refractivity contribution is 5.91. The Kier molecular flexibility index (Phi) is 8.49. The zero-order valence-corrected chi connectivity index (χ0v) is 23.0. The number of fused-ring (bicyclic) bond motifs is 1. The second kappa shape index (κ2) is 12.5. The lowest BCUT2D eigenvalue weighted by molar-refractivity contribution is -0.130. The molecule has 0 radical (unpaired) electrons. The van der Waals surface area contributed by atoms with Crippen LogP contribution in [-0.4, -0.2) is 60.2 Å². The van der Waals surface area contributed by atoms with E-state index in [1.54, 1.807) is 0 Å². The molecule has 0 saturated carbocycles. The van der Waals surface area contributed by atoms with Crippen LogP contribution in [0.3, 0.4) is 0 Å². The Labute approximate surface area is 234 Å². The molecular weight excluding hydrogens is 506 g/mol. The Morgan fingerprint density at radius 1 is 0.825 bits per heavy atom. The van der Waals surface area contributed by atoms with Crippen LogP contribution in [0.2, 0.25) is 0 Å². The molecule has 2 N–H and O–H groups in total. The number of nitrogens with two attached hydrogens (primary N) is 1. The maximum absolute atomic E-state index is 13.0. The fraction of sp³-hybridized carbons (Fsp3) is 0.323. The number of ether oxygens (including phenoxy) is 3. The van der Waals surface area contributed by atoms with E-state index in [-0.39, 0.29) is 5.91 Å². The number of benzene rings is 3. The van der Waals surface area contributed by atoms with Gasteiger partial charge in [-0.1, -0.05) is 42.5 Å². The lowest BCUT2D eigenvalue weighted by atomic mass is 10.1. The minimum absolute atomic E-state index is 0.0985. The number of amides is 1. The van der Waals surface area contributed by atoms with Crippen molar-refractivity contribution in [3.05, 3.63) is 77.9 Å². The number of piperazine rings is 1. The van der Waals surface area contributed by atoms with Crippen molar-refractivity contribution in [2.45, 2.75) is 26.9 Å². The summed E-state index contributed by atoms with van der Waals surface area (Å²) >= 11 is 0. The molecule has 1 amide bonds. The molecule has 1 fully saturated rings. The number of hydrogen-bond donors (Lipinski definition) is 1. The summed E-state index contributed by atoms with van der Waals surface area (Å²) in [5.74, 6) is 3.08. The number of aromatic nitrogens is 2. The van der Waals surface area contributed by atoms with E-state index in [0.717, 1.165) is 22.3 Å². The van der Waals surface area contributed by atoms with Gasteiger partial charge in [0.05, 0.1) is 25.2 Å². The third-order valence-electron chi connectivity index (χ3n) is 6.82. The molecule has 0 aliphatic carbocycles. The van der Waals surface area contributed by atoms with Crippen molar-refractivity contribution in [1.82, 2.24) is 14.9 Å². The van der Waals surface area contributed by atoms with Gasteiger partial charge in [0.2, 0.25) is 11.9 Å². The molecule has 1 saturated heterocycles. The average molecular weight is 542 g/mol. The second-order valence-corrected chi connectivity index (χ2v) is 9.55. The number of nitrogen functional groups attached to an aromatic ring is 1. The van der Waals surface area contributed by atoms with Crippen molar-refractivity contribution in [1.29, 1.82) is 0 Å². The van der Waals surface area contributed by atoms with Crippen molar-refractivity contribution in [3.63, 3.8) is 0 Å². The Hall–Kier alpha value is -4.53. The van der Waals surface area contributed by atoms with Gasteiger partial charge >= 0.3 is 0 Å². The number of anilines is 2. The molecule has 0 atom stereocenters. The summed E-state index contributed by atoms with van der Waals surface area (Å²) in [5.41, 5.74) is 9.10. The zero-order chi connectivity index (χ0) is 27.9. The molecule has 4 aromatic rings. The molecular formula is C31H35N5O4. The number of carbonyl (C=O) groups excluding carboxylic acids is 1. The third kappa shape index (κ3) is 6.36. The van der Waals surface area contributed by atoms with Crippen LogP contribution in [0.25, 0.3) is 10.9 Å². The van der Waals surface area contributed by atoms with Crippen LogP contribution in [0.15, 0.2) is 66.7 Å². The Bertz CT molecular complexity index is 1440. The summed E-state index contributed by atoms with van der Waals surface area (Å²) in [7, 11) is 0. The molecule has 1 aliphatic heterocycles. The van der Waals surface area contributed by atoms with Crippen LogP contribution < -0.4 is 24.8 Å². The molecule has 1 aromatic heterocycles. The van der Waals surface area contributed by atoms with Crippen LogP contribution in [0, 0.1) is 0 Å². The van der Waals surface area contributed by atoms with Gasteiger partial charge in [-0.2, -0.15) is 4.98 Å². The highest BCUT2D eigenvalue weighted by atomic mass is 16.5. The third-order valence-corrected chi connectivity index (χ3v) is 6.82. The highest BCUT2D eigenvalue weighted by Crippen LogP contribution is 2.34. The van der Waals surface area contributed by atoms with Gasteiger partial charge in [0.1, 0.15) is 18.2 Å². The SMILES string of the molecule is CCOc1cc2nc(N3CCN(C(=O)Cc4ccc(OCc5ccccc5)cc4)CC3)nc(N)c2cc1OCC. The van der Waals surface area contributed by atoms with E-state index in [4.69, 9.17) is 24.9 Å². The van der Waals surface area contributed by atoms with Gasteiger partial charge in [-0.25, -0.2) is 4.98 Å². The highest BCUT2D eigenvalue weighted by Gasteiger charge is 2.24. The predicted octanol–water partition coefficient (Wildman–Crippen LogP) is 4.48. The van der Waals surface area contributed by atoms with Crippen LogP contribution in [0.4, 0.5) is 11.8 Å². The van der Waals surface area contributed by atoms with Crippen molar-refractivity contribution in [2.75, 3.05) is 50.0 Å². The van der Waals surface area contributed by atoms with Gasteiger partial charge in [-0.15, -0.1) is 0 Å². The van der Waals surface area contributed by atoms with E-state index in [9.17, 15) is 4.79 Å². The maximum Gasteiger partial charge on any atom is 0.228 e. The molecule has 1 aliphatic rings. The number of rotatable bonds is 10. The van der Waals surface area contributed by atoms with Crippen LogP contribution >= 0.6 is 0 Å². The van der Waals surface area contributed by atoms with Crippen LogP contribution in [0.1, 0.15) is 25.0 Å². The van der Waals surface area contributed by atoms with Crippen LogP contribution in [0.5, 0.6) is 17.2 Å². The summed E-state index contributed by atoms with van der Waals surface area (Å²) in [6.45, 7) is 7.82. The smallest absolute Gasteiger partial charge is 0.228 e. The van der Waals surface area contributed by atoms with E-state index >= 15 is 0 Å². The average Bonchev–Trinajstić information content (AvgIpc) is 2.98. The first kappa shape index (κ1) is 27.1. The van der Waals surface area contributed by atoms with E-state index in [2.05, 4.69) is 9.88 Å². The van der Waals surface area contributed by atoms with Gasteiger partial charge in [0, 0.05) is 37.6 Å². The van der Waals surface area contributed by atoms with Gasteiger partial charge in [0.25, 0.3) is 0 Å². The fourth-order valence-electron chi connectivity index (χ4n) is 4.71. The standard InChI is InChI=1S/C31H35N5O4/c1-3-38-27-19-25-26(20-28(27)39-4-2)33-31(34-30(25)32)36-16-14-35(15-17-36)29(37)18-22-10-12-24(13-11-22)40-21-23-8-6-5-7-9-23/h5-13,19-20H,3-4,14-18,21H2,1-2H3,(H2,32,33,34). The second-order valence-electron chi connectivity index (χ2n) is 9.55. The summed E-state index contributed by atoms with van der Waals surface area (Å²) in [6, 6.07) is 21.5. The van der Waals surface area contributed by atoms with Gasteiger partial charge in [-0.3, -0.25) is 4.79 Å². The Morgan fingerprint density at radius 2 is 1.50 bits per heavy atom. The Balaban J connectivity index is 1.18. The minimum Gasteiger partial charge on any atom is -0.490 e. The quantitative estimate of drug-likeness (QED) is 0.314. The number of carbonyl (C=O) groups is 1. The largest absolute Gasteiger partial charge is 0.490 e. The van der Waals surface area contributed by atoms with E-state index in [1.807, 2.05) is 85.5 Å². The van der Waals surface area contributed by atoms with E-state index in [0.29, 0.717) is 81.2 Å². The molecule has 3 aromatic carbocycles. The van der Waals surface area contributed by atoms with Crippen molar-refractivity contribution in [2.24, 2.45) is 0 Å². The first-order valence-corrected chi connectivity index (χ1v) is 13.7. The van der Waals surface area contributed by atoms with Crippen molar-refractivity contribution in [3.8, 4) is 17.2 Å². The summed E-state index contributed by atoms with van der Waals surface area (Å²) < 4.78 is 17.3. The van der Waals surface area contributed by atoms with Crippen LogP contribution in [-0.2, 0) is 17.8 Å². The van der Waals surface area contributed by atoms with E-state index in [1.165, 1.54) is 0 Å². The first-order valence-electron chi connectivity index (χ1n) is 13.7. The molecule has 2 heterocycles. The van der Waals surface area contributed by atoms with Crippen molar-refractivity contribution >= 4 is 28.6 Å². The number of nitrogens with zero attached hydrogens (tertiary/aromatic N) is 4. The molecule has 0 unspecified atom stereocenters. The zero-order valence-electron chi connectivity index (χ0n) is 23.0. The van der Waals surface area contributed by atoms with Crippen molar-refractivity contribution < 1.29 is 19.0 Å². The molecule has 9 heteroatoms. The molecule has 40 heavy (non-hydrogen) atoms. The predicted molar refractivity (Wildman–Crippen MR) is 156 cm³/mol. The first-order chi connectivity index (χ1) is 19.5. The Morgan fingerprint density at radius 3 is 2.17 bits per heavy atom. The number of hydrogen-bond acceptors (Lipinski definition) is 8. The van der Waals surface area contributed by atoms with Gasteiger partial charge in [-0.05, 0) is 43.2 Å². The topological polar surface area (TPSA) is 103 Å². The molecule has 208 valence electrons. The van der Waals surface area contributed by atoms with Gasteiger partial charge < -0.3 is 29.7 Å². The molecule has 9 nitrogen and oxygen atoms in total. The fourth-order valence-corrected chi connectivity index (χ4v) is 4.71. The molecule has 0 bridgehead atoms. The summed E-state index contributed by atoms with van der Waals surface area (Å²) in [4.78, 5) is 26.3.